The summed E-state index contributed by atoms with van der Waals surface area (Å²) in [6.45, 7) is 3.32. The highest BCUT2D eigenvalue weighted by atomic mass is 16.8. The standard InChI is InChI=1S/C110H115N5O24/c1-3-57-122-104(118)87(113-110(119)132-66-86-84-55-33-31-53-82(84)83-54-32-34-56-85(83)86)67-129-107-93(114-115-111)98(139-109-102(127-64-79-47-25-10-26-48-79)100(125-62-77-43-21-8-22-44-77)95(123-60-75-39-17-6-18-40-75)89(135-109)68-120-58-73-35-13-4-14-36-73)94(117)88(133-107)70-131-106-92(112-72(2)116)99(124-61-76-41-19-7-20-42-76)96(90(134-106)69-121-59-74-37-15-5-16-38-74)138-108-103(128-65-80-49-27-11-28-50-80)101(126-63-78-45-23-9-24-46-78)97-91(136-108)71-130-105(137-97)81-51-29-12-30-52-81/h3-56,86-103,105-109,117H,1,57-71H2,2H3,(H,112,116)(H,113,119)/t87-,88+,89+,90+,91+,92+,93+,94-,95-,96+,97-,98+,99+,100-,101-,102+,103+,105?,106+,107-,108-,109-/m0/s1. The molecule has 5 fully saturated rings. The van der Waals surface area contributed by atoms with Gasteiger partial charge in [0.1, 0.15) is 111 Å². The van der Waals surface area contributed by atoms with Gasteiger partial charge >= 0.3 is 12.1 Å². The maximum absolute atomic E-state index is 14.6. The lowest BCUT2D eigenvalue weighted by molar-refractivity contribution is -0.392. The number of aliphatic hydroxyl groups excluding tert-OH is 1. The van der Waals surface area contributed by atoms with Gasteiger partial charge in [0, 0.05) is 23.3 Å². The first-order valence-electron chi connectivity index (χ1n) is 46.9. The topological polar surface area (TPSA) is 329 Å². The summed E-state index contributed by atoms with van der Waals surface area (Å²) in [5.74, 6) is -1.90. The second-order valence-electron chi connectivity index (χ2n) is 34.6. The van der Waals surface area contributed by atoms with Gasteiger partial charge < -0.3 is 110 Å². The number of hydrogen-bond acceptors (Lipinski definition) is 25. The van der Waals surface area contributed by atoms with E-state index in [2.05, 4.69) is 27.2 Å². The molecule has 11 aromatic rings. The molecule has 5 heterocycles. The molecule has 1 unspecified atom stereocenters. The third kappa shape index (κ3) is 26.3. The predicted molar refractivity (Wildman–Crippen MR) is 508 cm³/mol. The fourth-order valence-corrected chi connectivity index (χ4v) is 18.2. The molecule has 0 bridgehead atoms. The van der Waals surface area contributed by atoms with Gasteiger partial charge in [-0.25, -0.2) is 9.59 Å². The van der Waals surface area contributed by atoms with Crippen molar-refractivity contribution in [2.45, 2.75) is 201 Å². The van der Waals surface area contributed by atoms with E-state index >= 15 is 0 Å². The van der Waals surface area contributed by atoms with Crippen LogP contribution in [0, 0.1) is 0 Å². The van der Waals surface area contributed by atoms with Gasteiger partial charge in [-0.05, 0) is 72.3 Å². The van der Waals surface area contributed by atoms with Gasteiger partial charge in [0.05, 0.1) is 85.9 Å². The highest BCUT2D eigenvalue weighted by molar-refractivity contribution is 5.82. The maximum Gasteiger partial charge on any atom is 0.407 e. The SMILES string of the molecule is C=CCOC(=O)[C@H](CO[C@H]1O[C@H](CO[C@@H]2O[C@H](COCc3ccccc3)[C@@H](O[C@@H]3O[C@@H]4COC(c5ccccc5)O[C@@H]4[C@H](OCc4ccccc4)[C@H]3OCc3ccccc3)[C@H](OCc3ccccc3)[C@H]2NC(C)=O)[C@H](O)[C@H](O[C@@H]2O[C@H](COCc3ccccc3)[C@H](OCc3ccccc3)[C@H](OCc3ccccc3)[C@H]2OCc2ccccc2)[C@H]1N=[N+]=[N-])NC(=O)OCC1c2ccccc2-c2ccccc21. The van der Waals surface area contributed by atoms with Crippen molar-refractivity contribution in [1.29, 1.82) is 0 Å². The van der Waals surface area contributed by atoms with Crippen molar-refractivity contribution in [3.05, 3.63) is 406 Å². The van der Waals surface area contributed by atoms with Gasteiger partial charge in [-0.3, -0.25) is 4.79 Å². The Bertz CT molecular complexity index is 5620. The second kappa shape index (κ2) is 50.2. The number of carbonyl (C=O) groups is 3. The number of hydrogen-bond donors (Lipinski definition) is 3. The number of esters is 1. The number of alkyl carbamates (subject to hydrolysis) is 1. The third-order valence-electron chi connectivity index (χ3n) is 25.0. The van der Waals surface area contributed by atoms with E-state index in [0.717, 1.165) is 72.3 Å². The highest BCUT2D eigenvalue weighted by Gasteiger charge is 2.59. The number of carbonyl (C=O) groups excluding carboxylic acids is 3. The molecule has 0 radical (unpaired) electrons. The normalized spacial score (nSPS) is 26.2. The molecular weight excluding hydrogens is 1780 g/mol. The first-order chi connectivity index (χ1) is 68.4. The minimum atomic E-state index is -1.94. The van der Waals surface area contributed by atoms with Crippen molar-refractivity contribution in [2.75, 3.05) is 46.2 Å². The van der Waals surface area contributed by atoms with Crippen LogP contribution in [0.2, 0.25) is 0 Å². The summed E-state index contributed by atoms with van der Waals surface area (Å²) in [4.78, 5) is 46.9. The van der Waals surface area contributed by atoms with Crippen molar-refractivity contribution in [3.63, 3.8) is 0 Å². The molecule has 139 heavy (non-hydrogen) atoms. The summed E-state index contributed by atoms with van der Waals surface area (Å²) in [5.41, 5.74) is 22.2. The summed E-state index contributed by atoms with van der Waals surface area (Å²) in [5, 5.41) is 24.0. The lowest BCUT2D eigenvalue weighted by atomic mass is 9.94. The summed E-state index contributed by atoms with van der Waals surface area (Å²) in [7, 11) is 0. The zero-order chi connectivity index (χ0) is 95.3. The number of rotatable bonds is 45. The lowest BCUT2D eigenvalue weighted by Crippen LogP contribution is -2.69. The van der Waals surface area contributed by atoms with E-state index in [1.807, 2.05) is 322 Å². The number of nitrogens with one attached hydrogen (secondary N) is 2. The first kappa shape index (κ1) is 98.5. The highest BCUT2D eigenvalue weighted by Crippen LogP contribution is 2.46. The van der Waals surface area contributed by atoms with Crippen molar-refractivity contribution in [1.82, 2.24) is 10.6 Å². The molecule has 17 rings (SSSR count). The molecule has 5 saturated heterocycles. The zero-order valence-electron chi connectivity index (χ0n) is 76.9. The molecule has 2 amide bonds. The molecule has 0 saturated carbocycles. The van der Waals surface area contributed by atoms with Crippen LogP contribution in [0.3, 0.4) is 0 Å². The van der Waals surface area contributed by atoms with Gasteiger partial charge in [0.15, 0.2) is 37.5 Å². The first-order valence-corrected chi connectivity index (χ1v) is 46.9. The van der Waals surface area contributed by atoms with Gasteiger partial charge in [-0.1, -0.05) is 339 Å². The van der Waals surface area contributed by atoms with Crippen LogP contribution in [0.15, 0.2) is 339 Å². The van der Waals surface area contributed by atoms with Crippen LogP contribution in [0.5, 0.6) is 0 Å². The molecule has 29 heteroatoms. The largest absolute Gasteiger partial charge is 0.460 e. The minimum absolute atomic E-state index is 0.0244. The third-order valence-corrected chi connectivity index (χ3v) is 25.0. The quantitative estimate of drug-likeness (QED) is 0.0105. The van der Waals surface area contributed by atoms with Crippen LogP contribution in [0.25, 0.3) is 21.6 Å². The van der Waals surface area contributed by atoms with E-state index in [1.54, 1.807) is 0 Å². The number of fused-ring (bicyclic) bond motifs is 4. The molecule has 1 aliphatic carbocycles. The predicted octanol–water partition coefficient (Wildman–Crippen LogP) is 15.9. The summed E-state index contributed by atoms with van der Waals surface area (Å²) >= 11 is 0. The van der Waals surface area contributed by atoms with E-state index in [9.17, 15) is 25.0 Å². The van der Waals surface area contributed by atoms with Crippen LogP contribution >= 0.6 is 0 Å². The van der Waals surface area contributed by atoms with Crippen LogP contribution in [-0.4, -0.2) is 198 Å². The van der Waals surface area contributed by atoms with Crippen LogP contribution in [-0.2, 0) is 157 Å². The summed E-state index contributed by atoms with van der Waals surface area (Å²) in [6, 6.07) is 97.2. The van der Waals surface area contributed by atoms with E-state index in [0.29, 0.717) is 0 Å². The molecule has 3 N–H and O–H groups in total. The molecule has 29 nitrogen and oxygen atoms in total. The van der Waals surface area contributed by atoms with E-state index in [1.165, 1.54) is 13.0 Å². The Hall–Kier alpha value is -12.1. The van der Waals surface area contributed by atoms with Gasteiger partial charge in [-0.15, -0.1) is 0 Å². The molecule has 724 valence electrons. The molecular formula is C110H115N5O24. The van der Waals surface area contributed by atoms with Crippen molar-refractivity contribution in [2.24, 2.45) is 5.11 Å². The Balaban J connectivity index is 0.740. The molecule has 6 aliphatic rings. The number of nitrogens with zero attached hydrogens (tertiary/aromatic N) is 3. The smallest absolute Gasteiger partial charge is 0.407 e. The zero-order valence-corrected chi connectivity index (χ0v) is 76.9. The van der Waals surface area contributed by atoms with E-state index in [4.69, 9.17) is 94.7 Å². The van der Waals surface area contributed by atoms with Gasteiger partial charge in [0.25, 0.3) is 0 Å². The summed E-state index contributed by atoms with van der Waals surface area (Å²) < 4.78 is 139. The maximum atomic E-state index is 14.6. The Morgan fingerprint density at radius 2 is 0.835 bits per heavy atom. The molecule has 11 aromatic carbocycles. The molecule has 0 spiro atoms. The second-order valence-corrected chi connectivity index (χ2v) is 34.6. The Morgan fingerprint density at radius 1 is 0.424 bits per heavy atom. The molecule has 22 atom stereocenters. The Morgan fingerprint density at radius 3 is 1.32 bits per heavy atom. The minimum Gasteiger partial charge on any atom is -0.460 e. The number of azide groups is 1. The van der Waals surface area contributed by atoms with Gasteiger partial charge in [0.2, 0.25) is 5.91 Å². The summed E-state index contributed by atoms with van der Waals surface area (Å²) in [6.07, 6.45) is -24.2. The van der Waals surface area contributed by atoms with Gasteiger partial charge in [-0.2, -0.15) is 0 Å². The van der Waals surface area contributed by atoms with Crippen molar-refractivity contribution >= 4 is 18.0 Å². The van der Waals surface area contributed by atoms with Crippen molar-refractivity contribution in [3.8, 4) is 11.1 Å². The number of benzene rings is 11. The fourth-order valence-electron chi connectivity index (χ4n) is 18.2. The van der Waals surface area contributed by atoms with Crippen molar-refractivity contribution < 1.29 is 114 Å². The van der Waals surface area contributed by atoms with Crippen LogP contribution in [0.1, 0.15) is 80.3 Å². The molecule has 5 aliphatic heterocycles. The average molecular weight is 1890 g/mol. The van der Waals surface area contributed by atoms with Crippen LogP contribution in [0.4, 0.5) is 4.79 Å². The monoisotopic (exact) mass is 1890 g/mol. The number of amides is 2. The average Bonchev–Trinajstić information content (AvgIpc) is 1.74. The fraction of sp³-hybridized carbons (Fsp3) is 0.355. The lowest BCUT2D eigenvalue weighted by Gasteiger charge is -2.52. The number of aliphatic hydroxyl groups is 1. The van der Waals surface area contributed by atoms with Crippen LogP contribution < -0.4 is 10.6 Å². The number of ether oxygens (including phenoxy) is 20. The Labute approximate surface area is 807 Å². The van der Waals surface area contributed by atoms with E-state index in [-0.39, 0.29) is 91.8 Å². The molecule has 0 aromatic heterocycles. The Kier molecular flexibility index (Phi) is 35.6. The van der Waals surface area contributed by atoms with E-state index < -0.39 is 166 Å².